The zero-order valence-electron chi connectivity index (χ0n) is 13.0. The molecule has 2 rings (SSSR count). The third-order valence-corrected chi connectivity index (χ3v) is 3.75. The summed E-state index contributed by atoms with van der Waals surface area (Å²) in [6.07, 6.45) is 3.00. The molecule has 0 heterocycles. The van der Waals surface area contributed by atoms with Crippen LogP contribution in [0.1, 0.15) is 5.56 Å². The normalized spacial score (nSPS) is 10.6. The molecule has 0 spiro atoms. The minimum atomic E-state index is -0.447. The minimum absolute atomic E-state index is 0.154. The molecule has 0 radical (unpaired) electrons. The van der Waals surface area contributed by atoms with Gasteiger partial charge in [-0.3, -0.25) is 0 Å². The lowest BCUT2D eigenvalue weighted by atomic mass is 10.2. The second-order valence-corrected chi connectivity index (χ2v) is 6.04. The highest BCUT2D eigenvalue weighted by molar-refractivity contribution is 9.10. The van der Waals surface area contributed by atoms with Gasteiger partial charge in [-0.25, -0.2) is 4.79 Å². The van der Waals surface area contributed by atoms with Crippen molar-refractivity contribution < 1.29 is 19.0 Å². The number of carbonyl (C=O) groups excluding carboxylic acids is 1. The lowest BCUT2D eigenvalue weighted by Crippen LogP contribution is -2.10. The molecular weight excluding hydrogens is 396 g/mol. The van der Waals surface area contributed by atoms with Crippen molar-refractivity contribution in [3.8, 4) is 11.5 Å². The van der Waals surface area contributed by atoms with Crippen molar-refractivity contribution in [3.63, 3.8) is 0 Å². The summed E-state index contributed by atoms with van der Waals surface area (Å²) in [5, 5.41) is 0.641. The van der Waals surface area contributed by atoms with Gasteiger partial charge in [0.25, 0.3) is 0 Å². The standard InChI is InChI=1S/C18H16BrClO4/c1-22-17-8-3-14(19)12-13(17)2-9-18(21)24-11-10-23-16-6-4-15(20)5-7-16/h2-9,12H,10-11H2,1H3/b9-2+. The zero-order chi connectivity index (χ0) is 17.4. The molecule has 0 amide bonds. The molecule has 6 heteroatoms. The van der Waals surface area contributed by atoms with Gasteiger partial charge in [-0.05, 0) is 48.5 Å². The molecule has 0 unspecified atom stereocenters. The van der Waals surface area contributed by atoms with Crippen LogP contribution < -0.4 is 9.47 Å². The monoisotopic (exact) mass is 410 g/mol. The Morgan fingerprint density at radius 1 is 1.17 bits per heavy atom. The van der Waals surface area contributed by atoms with E-state index in [1.54, 1.807) is 37.5 Å². The number of benzene rings is 2. The zero-order valence-corrected chi connectivity index (χ0v) is 15.3. The fourth-order valence-corrected chi connectivity index (χ4v) is 2.38. The number of hydrogen-bond acceptors (Lipinski definition) is 4. The SMILES string of the molecule is COc1ccc(Br)cc1/C=C/C(=O)OCCOc1ccc(Cl)cc1. The van der Waals surface area contributed by atoms with E-state index in [0.29, 0.717) is 16.5 Å². The maximum Gasteiger partial charge on any atom is 0.330 e. The molecule has 0 fully saturated rings. The first-order chi connectivity index (χ1) is 11.6. The maximum atomic E-state index is 11.7. The number of halogens is 2. The quantitative estimate of drug-likeness (QED) is 0.375. The summed E-state index contributed by atoms with van der Waals surface area (Å²) in [4.78, 5) is 11.7. The number of hydrogen-bond donors (Lipinski definition) is 0. The van der Waals surface area contributed by atoms with Crippen LogP contribution in [0.15, 0.2) is 53.0 Å². The van der Waals surface area contributed by atoms with Crippen LogP contribution in [0.25, 0.3) is 6.08 Å². The molecule has 4 nitrogen and oxygen atoms in total. The van der Waals surface area contributed by atoms with E-state index in [2.05, 4.69) is 15.9 Å². The Balaban J connectivity index is 1.79. The van der Waals surface area contributed by atoms with Gasteiger partial charge < -0.3 is 14.2 Å². The summed E-state index contributed by atoms with van der Waals surface area (Å²) in [5.41, 5.74) is 0.779. The number of carbonyl (C=O) groups is 1. The molecule has 0 atom stereocenters. The second-order valence-electron chi connectivity index (χ2n) is 4.69. The van der Waals surface area contributed by atoms with E-state index in [1.165, 1.54) is 6.08 Å². The van der Waals surface area contributed by atoms with Gasteiger partial charge in [-0.15, -0.1) is 0 Å². The van der Waals surface area contributed by atoms with Gasteiger partial charge in [0.2, 0.25) is 0 Å². The van der Waals surface area contributed by atoms with Crippen LogP contribution in [0.4, 0.5) is 0 Å². The molecule has 0 saturated carbocycles. The fourth-order valence-electron chi connectivity index (χ4n) is 1.87. The molecule has 24 heavy (non-hydrogen) atoms. The first-order valence-electron chi connectivity index (χ1n) is 7.15. The predicted octanol–water partition coefficient (Wildman–Crippen LogP) is 4.75. The molecule has 2 aromatic rings. The Morgan fingerprint density at radius 3 is 2.62 bits per heavy atom. The predicted molar refractivity (Wildman–Crippen MR) is 97.6 cm³/mol. The molecule has 126 valence electrons. The van der Waals surface area contributed by atoms with E-state index in [-0.39, 0.29) is 13.2 Å². The number of rotatable bonds is 7. The summed E-state index contributed by atoms with van der Waals surface area (Å²) < 4.78 is 16.7. The highest BCUT2D eigenvalue weighted by atomic mass is 79.9. The van der Waals surface area contributed by atoms with Gasteiger partial charge in [0.15, 0.2) is 0 Å². The molecule has 2 aromatic carbocycles. The van der Waals surface area contributed by atoms with Gasteiger partial charge >= 0.3 is 5.97 Å². The van der Waals surface area contributed by atoms with E-state index < -0.39 is 5.97 Å². The van der Waals surface area contributed by atoms with Crippen molar-refractivity contribution in [1.82, 2.24) is 0 Å². The molecule has 0 bridgehead atoms. The van der Waals surface area contributed by atoms with Crippen LogP contribution >= 0.6 is 27.5 Å². The molecule has 0 aliphatic heterocycles. The summed E-state index contributed by atoms with van der Waals surface area (Å²) >= 11 is 9.17. The Hall–Kier alpha value is -1.98. The van der Waals surface area contributed by atoms with Crippen LogP contribution in [0.2, 0.25) is 5.02 Å². The van der Waals surface area contributed by atoms with Crippen LogP contribution in [0, 0.1) is 0 Å². The van der Waals surface area contributed by atoms with Crippen LogP contribution in [-0.4, -0.2) is 26.3 Å². The third kappa shape index (κ3) is 5.91. The summed E-state index contributed by atoms with van der Waals surface area (Å²) in [5.74, 6) is 0.898. The van der Waals surface area contributed by atoms with Gasteiger partial charge in [-0.1, -0.05) is 27.5 Å². The van der Waals surface area contributed by atoms with E-state index in [1.807, 2.05) is 18.2 Å². The van der Waals surface area contributed by atoms with Gasteiger partial charge in [0, 0.05) is 21.1 Å². The van der Waals surface area contributed by atoms with Crippen LogP contribution in [0.3, 0.4) is 0 Å². The van der Waals surface area contributed by atoms with Crippen molar-refractivity contribution >= 4 is 39.6 Å². The molecule has 0 saturated heterocycles. The molecule has 0 aromatic heterocycles. The van der Waals surface area contributed by atoms with Crippen molar-refractivity contribution in [1.29, 1.82) is 0 Å². The molecule has 0 aliphatic carbocycles. The van der Waals surface area contributed by atoms with Crippen LogP contribution in [0.5, 0.6) is 11.5 Å². The van der Waals surface area contributed by atoms with Gasteiger partial charge in [0.1, 0.15) is 24.7 Å². The Kier molecular flexibility index (Phi) is 7.15. The molecular formula is C18H16BrClO4. The molecule has 0 aliphatic rings. The van der Waals surface area contributed by atoms with E-state index in [0.717, 1.165) is 10.0 Å². The van der Waals surface area contributed by atoms with Gasteiger partial charge in [0.05, 0.1) is 7.11 Å². The van der Waals surface area contributed by atoms with Crippen molar-refractivity contribution in [2.75, 3.05) is 20.3 Å². The van der Waals surface area contributed by atoms with E-state index >= 15 is 0 Å². The van der Waals surface area contributed by atoms with E-state index in [9.17, 15) is 4.79 Å². The summed E-state index contributed by atoms with van der Waals surface area (Å²) in [7, 11) is 1.58. The maximum absolute atomic E-state index is 11.7. The Bertz CT molecular complexity index is 713. The average molecular weight is 412 g/mol. The summed E-state index contributed by atoms with van der Waals surface area (Å²) in [6, 6.07) is 12.5. The smallest absolute Gasteiger partial charge is 0.330 e. The van der Waals surface area contributed by atoms with Gasteiger partial charge in [-0.2, -0.15) is 0 Å². The van der Waals surface area contributed by atoms with Crippen LogP contribution in [-0.2, 0) is 9.53 Å². The second kappa shape index (κ2) is 9.35. The highest BCUT2D eigenvalue weighted by Crippen LogP contribution is 2.24. The number of methoxy groups -OCH3 is 1. The number of ether oxygens (including phenoxy) is 3. The minimum Gasteiger partial charge on any atom is -0.496 e. The van der Waals surface area contributed by atoms with Crippen molar-refractivity contribution in [2.45, 2.75) is 0 Å². The van der Waals surface area contributed by atoms with Crippen molar-refractivity contribution in [3.05, 3.63) is 63.6 Å². The largest absolute Gasteiger partial charge is 0.496 e. The fraction of sp³-hybridized carbons (Fsp3) is 0.167. The first kappa shape index (κ1) is 18.4. The first-order valence-corrected chi connectivity index (χ1v) is 8.32. The lowest BCUT2D eigenvalue weighted by Gasteiger charge is -2.07. The summed E-state index contributed by atoms with van der Waals surface area (Å²) in [6.45, 7) is 0.419. The lowest BCUT2D eigenvalue weighted by molar-refractivity contribution is -0.138. The molecule has 0 N–H and O–H groups in total. The Morgan fingerprint density at radius 2 is 1.92 bits per heavy atom. The average Bonchev–Trinajstić information content (AvgIpc) is 2.58. The topological polar surface area (TPSA) is 44.8 Å². The number of esters is 1. The third-order valence-electron chi connectivity index (χ3n) is 3.00. The van der Waals surface area contributed by atoms with Crippen molar-refractivity contribution in [2.24, 2.45) is 0 Å². The Labute approximate surface area is 154 Å². The van der Waals surface area contributed by atoms with E-state index in [4.69, 9.17) is 25.8 Å². The highest BCUT2D eigenvalue weighted by Gasteiger charge is 2.03.